The quantitative estimate of drug-likeness (QED) is 0.807. The van der Waals surface area contributed by atoms with Crippen LogP contribution in [0.1, 0.15) is 55.5 Å². The fourth-order valence-corrected chi connectivity index (χ4v) is 3.72. The molecule has 134 valence electrons. The third-order valence-electron chi connectivity index (χ3n) is 5.09. The van der Waals surface area contributed by atoms with Crippen molar-refractivity contribution in [2.24, 2.45) is 13.0 Å². The number of aryl methyl sites for hydroxylation is 2. The summed E-state index contributed by atoms with van der Waals surface area (Å²) in [7, 11) is 1.94. The number of amides is 1. The van der Waals surface area contributed by atoms with Gasteiger partial charge in [-0.3, -0.25) is 14.5 Å². The molecule has 0 atom stereocenters. The molecule has 0 aliphatic heterocycles. The molecule has 0 bridgehead atoms. The van der Waals surface area contributed by atoms with Gasteiger partial charge in [-0.05, 0) is 43.4 Å². The lowest BCUT2D eigenvalue weighted by molar-refractivity contribution is -0.133. The Labute approximate surface area is 150 Å². The van der Waals surface area contributed by atoms with Gasteiger partial charge in [-0.25, -0.2) is 0 Å². The van der Waals surface area contributed by atoms with E-state index in [2.05, 4.69) is 16.1 Å². The van der Waals surface area contributed by atoms with Gasteiger partial charge < -0.3 is 4.90 Å². The van der Waals surface area contributed by atoms with Gasteiger partial charge in [0.15, 0.2) is 0 Å². The van der Waals surface area contributed by atoms with E-state index in [0.717, 1.165) is 17.0 Å². The molecule has 1 aliphatic carbocycles. The predicted molar refractivity (Wildman–Crippen MR) is 97.6 cm³/mol. The third-order valence-corrected chi connectivity index (χ3v) is 5.09. The summed E-state index contributed by atoms with van der Waals surface area (Å²) in [6.07, 6.45) is 10.5. The molecule has 0 saturated heterocycles. The smallest absolute Gasteiger partial charge is 0.223 e. The summed E-state index contributed by atoms with van der Waals surface area (Å²) in [5.41, 5.74) is 3.12. The highest BCUT2D eigenvalue weighted by atomic mass is 16.2. The van der Waals surface area contributed by atoms with E-state index in [0.29, 0.717) is 25.4 Å². The van der Waals surface area contributed by atoms with Crippen molar-refractivity contribution in [3.05, 3.63) is 47.5 Å². The number of hydrogen-bond acceptors (Lipinski definition) is 3. The van der Waals surface area contributed by atoms with E-state index in [1.54, 1.807) is 6.20 Å². The van der Waals surface area contributed by atoms with Crippen molar-refractivity contribution < 1.29 is 4.79 Å². The minimum absolute atomic E-state index is 0.245. The molecule has 0 N–H and O–H groups in total. The molecular formula is C20H28N4O. The number of hydrogen-bond donors (Lipinski definition) is 0. The zero-order chi connectivity index (χ0) is 17.6. The Hall–Kier alpha value is -2.17. The van der Waals surface area contributed by atoms with Gasteiger partial charge in [-0.2, -0.15) is 5.10 Å². The van der Waals surface area contributed by atoms with E-state index >= 15 is 0 Å². The number of aromatic nitrogens is 3. The van der Waals surface area contributed by atoms with Gasteiger partial charge in [-0.1, -0.05) is 25.3 Å². The Morgan fingerprint density at radius 3 is 2.72 bits per heavy atom. The van der Waals surface area contributed by atoms with Gasteiger partial charge in [0.1, 0.15) is 0 Å². The summed E-state index contributed by atoms with van der Waals surface area (Å²) in [5, 5.41) is 4.41. The molecule has 25 heavy (non-hydrogen) atoms. The van der Waals surface area contributed by atoms with Crippen molar-refractivity contribution >= 4 is 5.91 Å². The number of pyridine rings is 1. The molecule has 5 nitrogen and oxygen atoms in total. The molecule has 1 saturated carbocycles. The minimum Gasteiger partial charge on any atom is -0.332 e. The van der Waals surface area contributed by atoms with Crippen molar-refractivity contribution in [2.75, 3.05) is 0 Å². The summed E-state index contributed by atoms with van der Waals surface area (Å²) < 4.78 is 1.87. The molecule has 1 amide bonds. The lowest BCUT2D eigenvalue weighted by Gasteiger charge is -2.27. The van der Waals surface area contributed by atoms with E-state index in [4.69, 9.17) is 0 Å². The van der Waals surface area contributed by atoms with Crippen LogP contribution in [0.2, 0.25) is 0 Å². The summed E-state index contributed by atoms with van der Waals surface area (Å²) in [5.74, 6) is 0.792. The standard InChI is InChI=1S/C20H28N4O/c1-16-11-19(23(2)22-16)15-24(14-18-9-6-10-21-13-18)20(25)12-17-7-4-3-5-8-17/h6,9-11,13,17H,3-5,7-8,12,14-15H2,1-2H3. The summed E-state index contributed by atoms with van der Waals surface area (Å²) >= 11 is 0. The zero-order valence-corrected chi connectivity index (χ0v) is 15.3. The molecule has 0 unspecified atom stereocenters. The topological polar surface area (TPSA) is 51.0 Å². The first-order valence-corrected chi connectivity index (χ1v) is 9.28. The fourth-order valence-electron chi connectivity index (χ4n) is 3.72. The largest absolute Gasteiger partial charge is 0.332 e. The van der Waals surface area contributed by atoms with Gasteiger partial charge in [0.05, 0.1) is 17.9 Å². The normalized spacial score (nSPS) is 15.3. The Kier molecular flexibility index (Phi) is 5.84. The molecule has 0 aromatic carbocycles. The highest BCUT2D eigenvalue weighted by Gasteiger charge is 2.22. The fraction of sp³-hybridized carbons (Fsp3) is 0.550. The Morgan fingerprint density at radius 2 is 2.08 bits per heavy atom. The molecular weight excluding hydrogens is 312 g/mol. The Morgan fingerprint density at radius 1 is 1.28 bits per heavy atom. The number of carbonyl (C=O) groups is 1. The van der Waals surface area contributed by atoms with Crippen molar-refractivity contribution in [1.82, 2.24) is 19.7 Å². The maximum atomic E-state index is 13.0. The number of nitrogens with zero attached hydrogens (tertiary/aromatic N) is 4. The minimum atomic E-state index is 0.245. The Bertz CT molecular complexity index is 689. The highest BCUT2D eigenvalue weighted by Crippen LogP contribution is 2.27. The summed E-state index contributed by atoms with van der Waals surface area (Å²) in [4.78, 5) is 19.2. The van der Waals surface area contributed by atoms with Gasteiger partial charge in [0.2, 0.25) is 5.91 Å². The highest BCUT2D eigenvalue weighted by molar-refractivity contribution is 5.76. The second-order valence-electron chi connectivity index (χ2n) is 7.22. The molecule has 2 heterocycles. The van der Waals surface area contributed by atoms with Gasteiger partial charge in [0, 0.05) is 32.4 Å². The molecule has 1 aliphatic rings. The average molecular weight is 340 g/mol. The molecule has 5 heteroatoms. The van der Waals surface area contributed by atoms with Crippen LogP contribution in [-0.4, -0.2) is 25.6 Å². The van der Waals surface area contributed by atoms with Crippen LogP contribution in [-0.2, 0) is 24.9 Å². The molecule has 0 radical (unpaired) electrons. The monoisotopic (exact) mass is 340 g/mol. The van der Waals surface area contributed by atoms with E-state index in [1.807, 2.05) is 41.9 Å². The molecule has 2 aromatic heterocycles. The van der Waals surface area contributed by atoms with E-state index < -0.39 is 0 Å². The zero-order valence-electron chi connectivity index (χ0n) is 15.3. The van der Waals surface area contributed by atoms with E-state index in [9.17, 15) is 4.79 Å². The third kappa shape index (κ3) is 4.91. The lowest BCUT2D eigenvalue weighted by atomic mass is 9.86. The second-order valence-corrected chi connectivity index (χ2v) is 7.22. The van der Waals surface area contributed by atoms with Crippen LogP contribution in [0.3, 0.4) is 0 Å². The van der Waals surface area contributed by atoms with Crippen LogP contribution in [0.4, 0.5) is 0 Å². The SMILES string of the molecule is Cc1cc(CN(Cc2cccnc2)C(=O)CC2CCCCC2)n(C)n1. The van der Waals surface area contributed by atoms with E-state index in [-0.39, 0.29) is 5.91 Å². The van der Waals surface area contributed by atoms with Gasteiger partial charge >= 0.3 is 0 Å². The predicted octanol–water partition coefficient (Wildman–Crippen LogP) is 3.62. The average Bonchev–Trinajstić information content (AvgIpc) is 2.93. The van der Waals surface area contributed by atoms with Crippen LogP contribution in [0.5, 0.6) is 0 Å². The summed E-state index contributed by atoms with van der Waals surface area (Å²) in [6, 6.07) is 6.01. The van der Waals surface area contributed by atoms with Gasteiger partial charge in [0.25, 0.3) is 0 Å². The van der Waals surface area contributed by atoms with Crippen LogP contribution < -0.4 is 0 Å². The number of carbonyl (C=O) groups excluding carboxylic acids is 1. The van der Waals surface area contributed by atoms with Crippen LogP contribution >= 0.6 is 0 Å². The second kappa shape index (κ2) is 8.28. The van der Waals surface area contributed by atoms with Gasteiger partial charge in [-0.15, -0.1) is 0 Å². The van der Waals surface area contributed by atoms with Crippen molar-refractivity contribution in [3.63, 3.8) is 0 Å². The molecule has 3 rings (SSSR count). The van der Waals surface area contributed by atoms with E-state index in [1.165, 1.54) is 32.1 Å². The summed E-state index contributed by atoms with van der Waals surface area (Å²) in [6.45, 7) is 3.18. The maximum Gasteiger partial charge on any atom is 0.223 e. The number of rotatable bonds is 6. The first-order chi connectivity index (χ1) is 12.1. The maximum absolute atomic E-state index is 13.0. The van der Waals surface area contributed by atoms with Crippen molar-refractivity contribution in [2.45, 2.75) is 58.5 Å². The first kappa shape index (κ1) is 17.6. The van der Waals surface area contributed by atoms with Crippen LogP contribution in [0, 0.1) is 12.8 Å². The first-order valence-electron chi connectivity index (χ1n) is 9.28. The molecule has 0 spiro atoms. The van der Waals surface area contributed by atoms with Crippen molar-refractivity contribution in [3.8, 4) is 0 Å². The molecule has 2 aromatic rings. The van der Waals surface area contributed by atoms with Crippen LogP contribution in [0.25, 0.3) is 0 Å². The molecule has 1 fully saturated rings. The lowest BCUT2D eigenvalue weighted by Crippen LogP contribution is -2.32. The Balaban J connectivity index is 1.72. The van der Waals surface area contributed by atoms with Crippen molar-refractivity contribution in [1.29, 1.82) is 0 Å². The van der Waals surface area contributed by atoms with Crippen LogP contribution in [0.15, 0.2) is 30.6 Å².